The summed E-state index contributed by atoms with van der Waals surface area (Å²) < 4.78 is 8.53. The Balaban J connectivity index is 4.33. The van der Waals surface area contributed by atoms with Crippen molar-refractivity contribution in [2.45, 2.75) is 0 Å². The first kappa shape index (κ1) is 11.3. The molecule has 2 N–H and O–H groups in total. The molecule has 0 saturated carbocycles. The molecule has 0 aliphatic heterocycles. The van der Waals surface area contributed by atoms with Crippen LogP contribution in [0.15, 0.2) is 0 Å². The number of hydrogen-bond acceptors (Lipinski definition) is 1. The monoisotopic (exact) mass is 298 g/mol. The molecule has 0 heterocycles. The molecule has 64 valence electrons. The zero-order valence-electron chi connectivity index (χ0n) is 6.28. The van der Waals surface area contributed by atoms with E-state index in [4.69, 9.17) is 9.79 Å². The molecule has 0 amide bonds. The molecule has 0 atom stereocenters. The van der Waals surface area contributed by atoms with E-state index in [1.807, 2.05) is 20.0 Å². The number of halogens is 1. The fourth-order valence-electron chi connectivity index (χ4n) is 0.622. The topological polar surface area (TPSA) is 57.5 Å². The Kier molecular flexibility index (Phi) is 3.01. The molecule has 0 aliphatic carbocycles. The summed E-state index contributed by atoms with van der Waals surface area (Å²) in [7, 11) is -3.80. The molecule has 3 nitrogen and oxygen atoms in total. The van der Waals surface area contributed by atoms with E-state index in [-0.39, 0.29) is 5.90 Å². The van der Waals surface area contributed by atoms with Crippen LogP contribution in [0.4, 0.5) is 0 Å². The van der Waals surface area contributed by atoms with Crippen molar-refractivity contribution < 1.29 is 14.4 Å². The summed E-state index contributed by atoms with van der Waals surface area (Å²) in [6.45, 7) is 5.81. The quantitative estimate of drug-likeness (QED) is 0.605. The van der Waals surface area contributed by atoms with Crippen molar-refractivity contribution in [3.63, 3.8) is 0 Å². The first-order valence-corrected chi connectivity index (χ1v) is 11.1. The fraction of sp³-hybridized carbons (Fsp3) is 1.00. The number of rotatable bonds is 2. The second-order valence-corrected chi connectivity index (χ2v) is 22.7. The summed E-state index contributed by atoms with van der Waals surface area (Å²) in [5.41, 5.74) is 0. The SMILES string of the molecule is CP(C)(C)(I)CP(=O)(O)O. The van der Waals surface area contributed by atoms with Crippen LogP contribution in [0, 0.1) is 0 Å². The molecule has 6 heteroatoms. The van der Waals surface area contributed by atoms with E-state index in [0.29, 0.717) is 0 Å². The van der Waals surface area contributed by atoms with Gasteiger partial charge in [-0.15, -0.1) is 0 Å². The van der Waals surface area contributed by atoms with E-state index in [2.05, 4.69) is 22.0 Å². The van der Waals surface area contributed by atoms with Crippen LogP contribution in [0.2, 0.25) is 0 Å². The van der Waals surface area contributed by atoms with Gasteiger partial charge in [-0.2, -0.15) is 0 Å². The van der Waals surface area contributed by atoms with E-state index < -0.39 is 11.8 Å². The van der Waals surface area contributed by atoms with Crippen molar-refractivity contribution in [2.75, 3.05) is 25.9 Å². The Hall–Kier alpha value is 1.31. The molecule has 0 rings (SSSR count). The predicted octanol–water partition coefficient (Wildman–Crippen LogP) is 1.91. The van der Waals surface area contributed by atoms with E-state index in [1.54, 1.807) is 0 Å². The van der Waals surface area contributed by atoms with Crippen LogP contribution < -0.4 is 0 Å². The van der Waals surface area contributed by atoms with Crippen molar-refractivity contribution in [2.24, 2.45) is 0 Å². The second-order valence-electron chi connectivity index (χ2n) is 3.72. The van der Waals surface area contributed by atoms with E-state index >= 15 is 0 Å². The average Bonchev–Trinajstić information content (AvgIpc) is 1.09. The first-order chi connectivity index (χ1) is 3.96. The maximum absolute atomic E-state index is 10.6. The third-order valence-corrected chi connectivity index (χ3v) is 8.70. The van der Waals surface area contributed by atoms with Crippen LogP contribution in [-0.2, 0) is 4.57 Å². The standard InChI is InChI=1S/C4H13IO3P2/c1-10(2,3,5)4-9(6,7)8/h4H2,1-3H3,(H2,6,7,8). The predicted molar refractivity (Wildman–Crippen MR) is 55.6 cm³/mol. The molecule has 0 fully saturated rings. The van der Waals surface area contributed by atoms with Crippen LogP contribution >= 0.6 is 33.9 Å². The third kappa shape index (κ3) is 9.31. The van der Waals surface area contributed by atoms with Gasteiger partial charge in [-0.3, -0.25) is 0 Å². The molecule has 0 aromatic heterocycles. The summed E-state index contributed by atoms with van der Waals surface area (Å²) >= 11 is 2.17. The molecule has 0 bridgehead atoms. The van der Waals surface area contributed by atoms with Crippen LogP contribution in [0.25, 0.3) is 0 Å². The van der Waals surface area contributed by atoms with Gasteiger partial charge in [0.1, 0.15) is 0 Å². The summed E-state index contributed by atoms with van der Waals surface area (Å²) in [5, 5.41) is 0. The van der Waals surface area contributed by atoms with Crippen molar-refractivity contribution >= 4 is 33.9 Å². The zero-order valence-corrected chi connectivity index (χ0v) is 10.2. The van der Waals surface area contributed by atoms with Crippen molar-refractivity contribution in [3.05, 3.63) is 0 Å². The maximum atomic E-state index is 10.6. The molecular weight excluding hydrogens is 285 g/mol. The average molecular weight is 298 g/mol. The van der Waals surface area contributed by atoms with Gasteiger partial charge >= 0.3 is 74.1 Å². The van der Waals surface area contributed by atoms with Crippen LogP contribution in [-0.4, -0.2) is 35.7 Å². The van der Waals surface area contributed by atoms with Crippen LogP contribution in [0.3, 0.4) is 0 Å². The van der Waals surface area contributed by atoms with E-state index in [1.165, 1.54) is 0 Å². The van der Waals surface area contributed by atoms with Crippen molar-refractivity contribution in [1.29, 1.82) is 0 Å². The molecule has 0 aromatic carbocycles. The molecule has 0 saturated heterocycles. The molecule has 0 radical (unpaired) electrons. The summed E-state index contributed by atoms with van der Waals surface area (Å²) in [5.74, 6) is 0.0408. The van der Waals surface area contributed by atoms with Gasteiger partial charge in [-0.05, 0) is 0 Å². The van der Waals surface area contributed by atoms with E-state index in [9.17, 15) is 4.57 Å². The van der Waals surface area contributed by atoms with Gasteiger partial charge in [0, 0.05) is 0 Å². The Morgan fingerprint density at radius 2 is 1.70 bits per heavy atom. The van der Waals surface area contributed by atoms with Crippen LogP contribution in [0.5, 0.6) is 0 Å². The zero-order chi connectivity index (χ0) is 8.65. The van der Waals surface area contributed by atoms with Gasteiger partial charge in [-0.1, -0.05) is 0 Å². The fourth-order valence-corrected chi connectivity index (χ4v) is 9.18. The Morgan fingerprint density at radius 3 is 1.70 bits per heavy atom. The van der Waals surface area contributed by atoms with Gasteiger partial charge in [0.2, 0.25) is 0 Å². The Bertz CT molecular complexity index is 167. The van der Waals surface area contributed by atoms with Gasteiger partial charge in [0.15, 0.2) is 0 Å². The summed E-state index contributed by atoms with van der Waals surface area (Å²) in [4.78, 5) is 17.3. The summed E-state index contributed by atoms with van der Waals surface area (Å²) in [6, 6.07) is 0. The van der Waals surface area contributed by atoms with Crippen molar-refractivity contribution in [1.82, 2.24) is 0 Å². The minimum atomic E-state index is -3.80. The first-order valence-electron chi connectivity index (χ1n) is 2.73. The third-order valence-electron chi connectivity index (χ3n) is 0.662. The molecule has 10 heavy (non-hydrogen) atoms. The van der Waals surface area contributed by atoms with Crippen molar-refractivity contribution in [3.8, 4) is 0 Å². The molecule has 0 unspecified atom stereocenters. The van der Waals surface area contributed by atoms with Gasteiger partial charge in [0.05, 0.1) is 0 Å². The molecule has 0 spiro atoms. The molecular formula is C4H13IO3P2. The summed E-state index contributed by atoms with van der Waals surface area (Å²) in [6.07, 6.45) is 0. The second kappa shape index (κ2) is 2.67. The molecule has 0 aliphatic rings. The van der Waals surface area contributed by atoms with Crippen LogP contribution in [0.1, 0.15) is 0 Å². The Morgan fingerprint density at radius 1 is 1.40 bits per heavy atom. The normalized spacial score (nSPS) is 18.0. The Labute approximate surface area is 74.2 Å². The van der Waals surface area contributed by atoms with Gasteiger partial charge in [-0.25, -0.2) is 0 Å². The van der Waals surface area contributed by atoms with E-state index in [0.717, 1.165) is 0 Å². The number of hydrogen-bond donors (Lipinski definition) is 2. The minimum absolute atomic E-state index is 0.0408. The molecule has 0 aromatic rings. The van der Waals surface area contributed by atoms with Gasteiger partial charge < -0.3 is 0 Å². The van der Waals surface area contributed by atoms with Gasteiger partial charge in [0.25, 0.3) is 0 Å².